The van der Waals surface area contributed by atoms with Crippen LogP contribution in [0.4, 0.5) is 0 Å². The maximum atomic E-state index is 12.4. The van der Waals surface area contributed by atoms with E-state index in [-0.39, 0.29) is 11.7 Å². The Balaban J connectivity index is 2.12. The quantitative estimate of drug-likeness (QED) is 0.902. The van der Waals surface area contributed by atoms with Crippen molar-refractivity contribution in [2.75, 3.05) is 12.8 Å². The van der Waals surface area contributed by atoms with Gasteiger partial charge in [0, 0.05) is 20.1 Å². The fourth-order valence-electron chi connectivity index (χ4n) is 2.72. The van der Waals surface area contributed by atoms with Gasteiger partial charge in [0.1, 0.15) is 5.25 Å². The summed E-state index contributed by atoms with van der Waals surface area (Å²) < 4.78 is 24.1. The van der Waals surface area contributed by atoms with Crippen LogP contribution in [0.15, 0.2) is 24.3 Å². The highest BCUT2D eigenvalue weighted by Crippen LogP contribution is 2.22. The van der Waals surface area contributed by atoms with E-state index in [0.717, 1.165) is 17.5 Å². The summed E-state index contributed by atoms with van der Waals surface area (Å²) in [6, 6.07) is 7.63. The predicted octanol–water partition coefficient (Wildman–Crippen LogP) is 1.07. The first-order chi connectivity index (χ1) is 9.95. The molecule has 6 heteroatoms. The first-order valence-electron chi connectivity index (χ1n) is 7.19. The molecule has 21 heavy (non-hydrogen) atoms. The van der Waals surface area contributed by atoms with Gasteiger partial charge in [0.2, 0.25) is 5.91 Å². The number of hydrogen-bond donors (Lipinski definition) is 1. The van der Waals surface area contributed by atoms with E-state index in [1.807, 2.05) is 24.3 Å². The van der Waals surface area contributed by atoms with Crippen LogP contribution in [0.1, 0.15) is 30.4 Å². The highest BCUT2D eigenvalue weighted by Gasteiger charge is 2.36. The Labute approximate surface area is 126 Å². The van der Waals surface area contributed by atoms with E-state index in [9.17, 15) is 13.2 Å². The van der Waals surface area contributed by atoms with Crippen LogP contribution in [-0.4, -0.2) is 37.3 Å². The minimum Gasteiger partial charge on any atom is -0.340 e. The van der Waals surface area contributed by atoms with Crippen molar-refractivity contribution in [3.05, 3.63) is 35.4 Å². The van der Waals surface area contributed by atoms with Gasteiger partial charge in [-0.3, -0.25) is 4.79 Å². The van der Waals surface area contributed by atoms with Crippen molar-refractivity contribution >= 4 is 15.7 Å². The number of nitrogens with zero attached hydrogens (tertiary/aromatic N) is 1. The van der Waals surface area contributed by atoms with Crippen molar-refractivity contribution in [1.82, 2.24) is 4.90 Å². The van der Waals surface area contributed by atoms with Crippen molar-refractivity contribution < 1.29 is 13.2 Å². The summed E-state index contributed by atoms with van der Waals surface area (Å²) in [6.45, 7) is 0.790. The molecule has 0 aromatic heterocycles. The lowest BCUT2D eigenvalue weighted by atomic mass is 10.1. The number of carbonyl (C=O) groups is 1. The highest BCUT2D eigenvalue weighted by molar-refractivity contribution is 7.92. The van der Waals surface area contributed by atoms with E-state index in [1.54, 1.807) is 7.05 Å². The molecule has 1 amide bonds. The Hall–Kier alpha value is -1.40. The molecular weight excluding hydrogens is 288 g/mol. The van der Waals surface area contributed by atoms with Gasteiger partial charge in [0.25, 0.3) is 0 Å². The summed E-state index contributed by atoms with van der Waals surface area (Å²) in [4.78, 5) is 13.9. The van der Waals surface area contributed by atoms with E-state index >= 15 is 0 Å². The molecule has 2 rings (SSSR count). The average molecular weight is 310 g/mol. The number of rotatable bonds is 4. The normalized spacial score (nSPS) is 21.0. The third-order valence-corrected chi connectivity index (χ3v) is 6.14. The van der Waals surface area contributed by atoms with Crippen molar-refractivity contribution in [2.45, 2.75) is 37.6 Å². The first kappa shape index (κ1) is 16.0. The molecule has 1 aromatic carbocycles. The van der Waals surface area contributed by atoms with E-state index < -0.39 is 15.1 Å². The second kappa shape index (κ2) is 6.58. The molecule has 1 aliphatic rings. The van der Waals surface area contributed by atoms with Crippen molar-refractivity contribution in [3.63, 3.8) is 0 Å². The maximum absolute atomic E-state index is 12.4. The van der Waals surface area contributed by atoms with Gasteiger partial charge in [-0.2, -0.15) is 0 Å². The van der Waals surface area contributed by atoms with Gasteiger partial charge in [-0.1, -0.05) is 30.7 Å². The van der Waals surface area contributed by atoms with Crippen LogP contribution in [-0.2, 0) is 27.7 Å². The zero-order valence-electron chi connectivity index (χ0n) is 12.3. The monoisotopic (exact) mass is 310 g/mol. The van der Waals surface area contributed by atoms with Gasteiger partial charge in [-0.25, -0.2) is 8.42 Å². The lowest BCUT2D eigenvalue weighted by Gasteiger charge is -2.27. The van der Waals surface area contributed by atoms with Crippen LogP contribution in [0, 0.1) is 0 Å². The Kier molecular flexibility index (Phi) is 5.00. The van der Waals surface area contributed by atoms with Gasteiger partial charge in [-0.05, 0) is 24.0 Å². The molecule has 0 aliphatic carbocycles. The van der Waals surface area contributed by atoms with Gasteiger partial charge in [-0.15, -0.1) is 0 Å². The molecule has 1 unspecified atom stereocenters. The number of nitrogens with two attached hydrogens (primary N) is 1. The molecular formula is C15H22N2O3S. The van der Waals surface area contributed by atoms with Crippen molar-refractivity contribution in [3.8, 4) is 0 Å². The lowest BCUT2D eigenvalue weighted by Crippen LogP contribution is -2.43. The second-order valence-corrected chi connectivity index (χ2v) is 7.82. The molecule has 0 spiro atoms. The third kappa shape index (κ3) is 3.63. The minimum atomic E-state index is -3.29. The number of benzene rings is 1. The second-order valence-electron chi connectivity index (χ2n) is 5.52. The van der Waals surface area contributed by atoms with E-state index in [1.165, 1.54) is 4.90 Å². The summed E-state index contributed by atoms with van der Waals surface area (Å²) in [5.41, 5.74) is 7.63. The van der Waals surface area contributed by atoms with Gasteiger partial charge in [0.05, 0.1) is 5.75 Å². The molecule has 116 valence electrons. The summed E-state index contributed by atoms with van der Waals surface area (Å²) in [6.07, 6.45) is 1.89. The Bertz CT molecular complexity index is 613. The first-order valence-corrected chi connectivity index (χ1v) is 8.90. The number of carbonyl (C=O) groups excluding carboxylic acids is 1. The number of sulfone groups is 1. The zero-order chi connectivity index (χ0) is 15.5. The summed E-state index contributed by atoms with van der Waals surface area (Å²) in [5.74, 6) is -0.182. The standard InChI is InChI=1S/C15H22N2O3S/c1-17(11-13-7-3-2-6-12(13)10-16)15(18)14-8-4-5-9-21(14,19)20/h2-3,6-7,14H,4-5,8-11,16H2,1H3. The van der Waals surface area contributed by atoms with E-state index in [0.29, 0.717) is 25.9 Å². The molecule has 0 saturated carbocycles. The average Bonchev–Trinajstić information content (AvgIpc) is 2.46. The molecule has 1 fully saturated rings. The number of amides is 1. The zero-order valence-corrected chi connectivity index (χ0v) is 13.1. The molecule has 1 aliphatic heterocycles. The van der Waals surface area contributed by atoms with Crippen molar-refractivity contribution in [1.29, 1.82) is 0 Å². The van der Waals surface area contributed by atoms with Crippen molar-refractivity contribution in [2.24, 2.45) is 5.73 Å². The van der Waals surface area contributed by atoms with Crippen LogP contribution < -0.4 is 5.73 Å². The van der Waals surface area contributed by atoms with Gasteiger partial charge < -0.3 is 10.6 Å². The summed E-state index contributed by atoms with van der Waals surface area (Å²) in [7, 11) is -1.64. The lowest BCUT2D eigenvalue weighted by molar-refractivity contribution is -0.130. The summed E-state index contributed by atoms with van der Waals surface area (Å²) in [5, 5.41) is -0.874. The van der Waals surface area contributed by atoms with Crippen LogP contribution in [0.25, 0.3) is 0 Å². The molecule has 0 bridgehead atoms. The van der Waals surface area contributed by atoms with Crippen LogP contribution >= 0.6 is 0 Å². The Morgan fingerprint density at radius 2 is 1.95 bits per heavy atom. The maximum Gasteiger partial charge on any atom is 0.240 e. The highest BCUT2D eigenvalue weighted by atomic mass is 32.2. The molecule has 2 N–H and O–H groups in total. The van der Waals surface area contributed by atoms with Gasteiger partial charge >= 0.3 is 0 Å². The molecule has 1 heterocycles. The topological polar surface area (TPSA) is 80.5 Å². The SMILES string of the molecule is CN(Cc1ccccc1CN)C(=O)C1CCCCS1(=O)=O. The largest absolute Gasteiger partial charge is 0.340 e. The van der Waals surface area contributed by atoms with Crippen LogP contribution in [0.3, 0.4) is 0 Å². The Morgan fingerprint density at radius 3 is 2.57 bits per heavy atom. The van der Waals surface area contributed by atoms with E-state index in [4.69, 9.17) is 5.73 Å². The minimum absolute atomic E-state index is 0.122. The smallest absolute Gasteiger partial charge is 0.240 e. The molecule has 1 aromatic rings. The predicted molar refractivity (Wildman–Crippen MR) is 82.2 cm³/mol. The van der Waals surface area contributed by atoms with Crippen LogP contribution in [0.5, 0.6) is 0 Å². The third-order valence-electron chi connectivity index (χ3n) is 3.98. The molecule has 1 atom stereocenters. The van der Waals surface area contributed by atoms with Crippen LogP contribution in [0.2, 0.25) is 0 Å². The molecule has 5 nitrogen and oxygen atoms in total. The van der Waals surface area contributed by atoms with Gasteiger partial charge in [0.15, 0.2) is 9.84 Å². The molecule has 0 radical (unpaired) electrons. The Morgan fingerprint density at radius 1 is 1.29 bits per heavy atom. The number of hydrogen-bond acceptors (Lipinski definition) is 4. The summed E-state index contributed by atoms with van der Waals surface area (Å²) >= 11 is 0. The molecule has 1 saturated heterocycles. The fourth-order valence-corrected chi connectivity index (χ4v) is 4.63. The fraction of sp³-hybridized carbons (Fsp3) is 0.533. The van der Waals surface area contributed by atoms with E-state index in [2.05, 4.69) is 0 Å².